The second-order valence-electron chi connectivity index (χ2n) is 4.16. The van der Waals surface area contributed by atoms with E-state index < -0.39 is 0 Å². The fourth-order valence-corrected chi connectivity index (χ4v) is 2.80. The lowest BCUT2D eigenvalue weighted by Crippen LogP contribution is -2.16. The minimum Gasteiger partial charge on any atom is -0.389 e. The van der Waals surface area contributed by atoms with Gasteiger partial charge in [0.05, 0.1) is 0 Å². The summed E-state index contributed by atoms with van der Waals surface area (Å²) in [5.74, 6) is 1.04. The lowest BCUT2D eigenvalue weighted by Gasteiger charge is -2.12. The molecule has 0 fully saturated rings. The van der Waals surface area contributed by atoms with Crippen LogP contribution >= 0.6 is 28.1 Å². The molecule has 0 bridgehead atoms. The summed E-state index contributed by atoms with van der Waals surface area (Å²) in [5.41, 5.74) is 7.54. The molecule has 1 aromatic carbocycles. The van der Waals surface area contributed by atoms with Crippen LogP contribution in [0, 0.1) is 0 Å². The molecule has 100 valence electrons. The SMILES string of the molecule is Cn1ccnc1CCNc1cccc(Br)c1C(N)=S. The first-order chi connectivity index (χ1) is 9.09. The number of imidazole rings is 1. The zero-order valence-electron chi connectivity index (χ0n) is 10.6. The Labute approximate surface area is 126 Å². The van der Waals surface area contributed by atoms with Crippen LogP contribution in [0.1, 0.15) is 11.4 Å². The molecule has 0 aliphatic carbocycles. The first-order valence-electron chi connectivity index (χ1n) is 5.88. The van der Waals surface area contributed by atoms with Crippen molar-refractivity contribution >= 4 is 38.8 Å². The van der Waals surface area contributed by atoms with Crippen molar-refractivity contribution in [3.8, 4) is 0 Å². The van der Waals surface area contributed by atoms with Gasteiger partial charge in [0, 0.05) is 48.1 Å². The fraction of sp³-hybridized carbons (Fsp3) is 0.231. The van der Waals surface area contributed by atoms with E-state index in [4.69, 9.17) is 18.0 Å². The van der Waals surface area contributed by atoms with E-state index in [0.717, 1.165) is 34.5 Å². The molecule has 1 aromatic heterocycles. The summed E-state index contributed by atoms with van der Waals surface area (Å²) in [6.45, 7) is 0.775. The number of nitrogens with two attached hydrogens (primary N) is 1. The fourth-order valence-electron chi connectivity index (χ4n) is 1.87. The predicted molar refractivity (Wildman–Crippen MR) is 85.4 cm³/mol. The van der Waals surface area contributed by atoms with Gasteiger partial charge in [-0.25, -0.2) is 4.98 Å². The lowest BCUT2D eigenvalue weighted by atomic mass is 10.1. The summed E-state index contributed by atoms with van der Waals surface area (Å²) < 4.78 is 2.92. The van der Waals surface area contributed by atoms with E-state index >= 15 is 0 Å². The molecule has 6 heteroatoms. The van der Waals surface area contributed by atoms with Crippen LogP contribution in [-0.4, -0.2) is 21.1 Å². The van der Waals surface area contributed by atoms with Gasteiger partial charge in [-0.3, -0.25) is 0 Å². The number of hydrogen-bond acceptors (Lipinski definition) is 3. The minimum atomic E-state index is 0.381. The quantitative estimate of drug-likeness (QED) is 0.822. The Hall–Kier alpha value is -1.40. The van der Waals surface area contributed by atoms with E-state index in [0.29, 0.717) is 4.99 Å². The van der Waals surface area contributed by atoms with Gasteiger partial charge >= 0.3 is 0 Å². The Balaban J connectivity index is 2.06. The van der Waals surface area contributed by atoms with Gasteiger partial charge in [0.1, 0.15) is 10.8 Å². The number of aromatic nitrogens is 2. The van der Waals surface area contributed by atoms with Gasteiger partial charge in [0.15, 0.2) is 0 Å². The summed E-state index contributed by atoms with van der Waals surface area (Å²) in [4.78, 5) is 4.67. The zero-order chi connectivity index (χ0) is 13.8. The standard InChI is InChI=1S/C13H15BrN4S/c1-18-8-7-17-11(18)5-6-16-10-4-2-3-9(14)12(10)13(15)19/h2-4,7-8,16H,5-6H2,1H3,(H2,15,19). The molecule has 1 heterocycles. The maximum Gasteiger partial charge on any atom is 0.110 e. The monoisotopic (exact) mass is 338 g/mol. The molecular formula is C13H15BrN4S. The summed E-state index contributed by atoms with van der Waals surface area (Å²) in [7, 11) is 1.99. The van der Waals surface area contributed by atoms with Crippen LogP contribution in [0.4, 0.5) is 5.69 Å². The van der Waals surface area contributed by atoms with Gasteiger partial charge in [-0.1, -0.05) is 18.3 Å². The van der Waals surface area contributed by atoms with E-state index in [9.17, 15) is 0 Å². The zero-order valence-corrected chi connectivity index (χ0v) is 13.0. The molecule has 0 amide bonds. The van der Waals surface area contributed by atoms with Crippen LogP contribution in [0.2, 0.25) is 0 Å². The largest absolute Gasteiger partial charge is 0.389 e. The average molecular weight is 339 g/mol. The van der Waals surface area contributed by atoms with Crippen LogP contribution < -0.4 is 11.1 Å². The second-order valence-corrected chi connectivity index (χ2v) is 5.45. The topological polar surface area (TPSA) is 55.9 Å². The number of anilines is 1. The van der Waals surface area contributed by atoms with Crippen molar-refractivity contribution in [2.45, 2.75) is 6.42 Å². The molecule has 0 aliphatic rings. The van der Waals surface area contributed by atoms with Crippen LogP contribution in [0.25, 0.3) is 0 Å². The van der Waals surface area contributed by atoms with Gasteiger partial charge in [-0.2, -0.15) is 0 Å². The van der Waals surface area contributed by atoms with Crippen molar-refractivity contribution in [2.75, 3.05) is 11.9 Å². The first-order valence-corrected chi connectivity index (χ1v) is 7.08. The molecule has 0 unspecified atom stereocenters. The highest BCUT2D eigenvalue weighted by Gasteiger charge is 2.09. The molecule has 0 saturated carbocycles. The van der Waals surface area contributed by atoms with Crippen LogP contribution in [0.15, 0.2) is 35.1 Å². The molecule has 0 spiro atoms. The Kier molecular flexibility index (Phi) is 4.55. The highest BCUT2D eigenvalue weighted by Crippen LogP contribution is 2.24. The third kappa shape index (κ3) is 3.33. The first kappa shape index (κ1) is 14.0. The number of nitrogens with one attached hydrogen (secondary N) is 1. The summed E-state index contributed by atoms with van der Waals surface area (Å²) >= 11 is 8.55. The molecule has 2 rings (SSSR count). The van der Waals surface area contributed by atoms with E-state index in [-0.39, 0.29) is 0 Å². The van der Waals surface area contributed by atoms with Crippen molar-refractivity contribution in [3.63, 3.8) is 0 Å². The van der Waals surface area contributed by atoms with Crippen molar-refractivity contribution in [2.24, 2.45) is 12.8 Å². The molecule has 0 atom stereocenters. The minimum absolute atomic E-state index is 0.381. The molecule has 3 N–H and O–H groups in total. The van der Waals surface area contributed by atoms with E-state index in [2.05, 4.69) is 26.2 Å². The third-order valence-electron chi connectivity index (χ3n) is 2.85. The summed E-state index contributed by atoms with van der Waals surface area (Å²) in [6.07, 6.45) is 4.58. The van der Waals surface area contributed by atoms with Crippen LogP contribution in [0.3, 0.4) is 0 Å². The van der Waals surface area contributed by atoms with E-state index in [1.807, 2.05) is 36.0 Å². The van der Waals surface area contributed by atoms with Gasteiger partial charge < -0.3 is 15.6 Å². The van der Waals surface area contributed by atoms with Crippen molar-refractivity contribution in [3.05, 3.63) is 46.5 Å². The highest BCUT2D eigenvalue weighted by atomic mass is 79.9. The summed E-state index contributed by atoms with van der Waals surface area (Å²) in [6, 6.07) is 5.85. The maximum atomic E-state index is 5.75. The van der Waals surface area contributed by atoms with Gasteiger partial charge in [-0.05, 0) is 28.1 Å². The Morgan fingerprint density at radius 3 is 2.95 bits per heavy atom. The lowest BCUT2D eigenvalue weighted by molar-refractivity contribution is 0.789. The van der Waals surface area contributed by atoms with Crippen molar-refractivity contribution in [1.82, 2.24) is 9.55 Å². The van der Waals surface area contributed by atoms with Crippen molar-refractivity contribution in [1.29, 1.82) is 0 Å². The highest BCUT2D eigenvalue weighted by molar-refractivity contribution is 9.10. The average Bonchev–Trinajstić information content (AvgIpc) is 2.75. The molecule has 2 aromatic rings. The molecule has 0 saturated heterocycles. The second kappa shape index (κ2) is 6.16. The van der Waals surface area contributed by atoms with E-state index in [1.165, 1.54) is 0 Å². The number of nitrogens with zero attached hydrogens (tertiary/aromatic N) is 2. The van der Waals surface area contributed by atoms with Crippen LogP contribution in [-0.2, 0) is 13.5 Å². The van der Waals surface area contributed by atoms with Gasteiger partial charge in [-0.15, -0.1) is 0 Å². The number of aryl methyl sites for hydroxylation is 1. The molecule has 0 aliphatic heterocycles. The normalized spacial score (nSPS) is 10.4. The molecular weight excluding hydrogens is 324 g/mol. The molecule has 4 nitrogen and oxygen atoms in total. The van der Waals surface area contributed by atoms with Gasteiger partial charge in [0.25, 0.3) is 0 Å². The molecule has 19 heavy (non-hydrogen) atoms. The number of hydrogen-bond donors (Lipinski definition) is 2. The smallest absolute Gasteiger partial charge is 0.110 e. The van der Waals surface area contributed by atoms with E-state index in [1.54, 1.807) is 6.20 Å². The Bertz CT molecular complexity index is 594. The Morgan fingerprint density at radius 1 is 1.53 bits per heavy atom. The Morgan fingerprint density at radius 2 is 2.32 bits per heavy atom. The number of halogens is 1. The third-order valence-corrected chi connectivity index (χ3v) is 3.71. The maximum absolute atomic E-state index is 5.75. The molecule has 0 radical (unpaired) electrons. The number of rotatable bonds is 5. The van der Waals surface area contributed by atoms with Crippen LogP contribution in [0.5, 0.6) is 0 Å². The summed E-state index contributed by atoms with van der Waals surface area (Å²) in [5, 5.41) is 3.35. The number of benzene rings is 1. The van der Waals surface area contributed by atoms with Gasteiger partial charge in [0.2, 0.25) is 0 Å². The predicted octanol–water partition coefficient (Wildman–Crippen LogP) is 2.47. The van der Waals surface area contributed by atoms with Crippen molar-refractivity contribution < 1.29 is 0 Å². The number of thiocarbonyl (C=S) groups is 1.